The SMILES string of the molecule is COC1=CC(C2CCC3NC(C4CCCNC4)NC(NC4CCC(F)C(Cl)C4)C3C2)=CNC1. The van der Waals surface area contributed by atoms with E-state index in [-0.39, 0.29) is 17.6 Å². The minimum atomic E-state index is -0.869. The first-order valence-electron chi connectivity index (χ1n) is 13.1. The van der Waals surface area contributed by atoms with E-state index in [0.717, 1.165) is 38.2 Å². The highest BCUT2D eigenvalue weighted by Gasteiger charge is 2.44. The van der Waals surface area contributed by atoms with E-state index in [1.54, 1.807) is 7.11 Å². The maximum Gasteiger partial charge on any atom is 0.117 e. The molecule has 5 aliphatic rings. The first-order valence-corrected chi connectivity index (χ1v) is 13.5. The predicted octanol–water partition coefficient (Wildman–Crippen LogP) is 2.72. The number of fused-ring (bicyclic) bond motifs is 1. The Balaban J connectivity index is 1.30. The zero-order valence-electron chi connectivity index (χ0n) is 19.8. The molecule has 5 N–H and O–H groups in total. The van der Waals surface area contributed by atoms with Crippen LogP contribution in [0.25, 0.3) is 0 Å². The highest BCUT2D eigenvalue weighted by Crippen LogP contribution is 2.39. The maximum atomic E-state index is 14.0. The van der Waals surface area contributed by atoms with Gasteiger partial charge in [0.25, 0.3) is 0 Å². The van der Waals surface area contributed by atoms with Gasteiger partial charge in [-0.25, -0.2) is 4.39 Å². The molecule has 6 nitrogen and oxygen atoms in total. The quantitative estimate of drug-likeness (QED) is 0.389. The molecule has 2 saturated heterocycles. The number of halogens is 2. The average Bonchev–Trinajstić information content (AvgIpc) is 2.86. The van der Waals surface area contributed by atoms with E-state index in [4.69, 9.17) is 16.3 Å². The number of dihydropyridines is 1. The van der Waals surface area contributed by atoms with Crippen LogP contribution in [-0.4, -0.2) is 62.7 Å². The maximum absolute atomic E-state index is 14.0. The Bertz CT molecular complexity index is 728. The van der Waals surface area contributed by atoms with E-state index in [1.165, 1.54) is 31.3 Å². The second-order valence-corrected chi connectivity index (χ2v) is 11.3. The molecule has 0 aromatic rings. The molecule has 9 unspecified atom stereocenters. The summed E-state index contributed by atoms with van der Waals surface area (Å²) in [5.41, 5.74) is 1.35. The lowest BCUT2D eigenvalue weighted by atomic mass is 9.71. The molecule has 33 heavy (non-hydrogen) atoms. The minimum absolute atomic E-state index is 0.221. The molecular formula is C25H41ClFN5O. The first kappa shape index (κ1) is 23.9. The molecule has 3 heterocycles. The lowest BCUT2D eigenvalue weighted by molar-refractivity contribution is 0.0486. The molecule has 0 amide bonds. The van der Waals surface area contributed by atoms with Crippen molar-refractivity contribution in [3.05, 3.63) is 23.6 Å². The van der Waals surface area contributed by atoms with Crippen LogP contribution in [0.3, 0.4) is 0 Å². The van der Waals surface area contributed by atoms with E-state index in [2.05, 4.69) is 38.9 Å². The molecule has 3 aliphatic heterocycles. The van der Waals surface area contributed by atoms with Gasteiger partial charge in [-0.05, 0) is 81.4 Å². The third kappa shape index (κ3) is 5.53. The third-order valence-electron chi connectivity index (χ3n) is 8.60. The Hall–Kier alpha value is -0.860. The van der Waals surface area contributed by atoms with Crippen LogP contribution < -0.4 is 26.6 Å². The Morgan fingerprint density at radius 3 is 2.82 bits per heavy atom. The summed E-state index contributed by atoms with van der Waals surface area (Å²) in [6.07, 6.45) is 12.2. The van der Waals surface area contributed by atoms with E-state index in [9.17, 15) is 4.39 Å². The zero-order valence-corrected chi connectivity index (χ0v) is 20.5. The number of hydrogen-bond acceptors (Lipinski definition) is 6. The molecule has 0 radical (unpaired) electrons. The first-order chi connectivity index (χ1) is 16.1. The van der Waals surface area contributed by atoms with Crippen molar-refractivity contribution >= 4 is 11.6 Å². The molecule has 0 bridgehead atoms. The molecule has 0 aromatic heterocycles. The van der Waals surface area contributed by atoms with Gasteiger partial charge >= 0.3 is 0 Å². The van der Waals surface area contributed by atoms with Crippen molar-refractivity contribution in [3.63, 3.8) is 0 Å². The number of piperidine rings is 1. The molecule has 186 valence electrons. The Labute approximate surface area is 202 Å². The van der Waals surface area contributed by atoms with E-state index in [0.29, 0.717) is 42.8 Å². The van der Waals surface area contributed by atoms with Crippen LogP contribution in [0, 0.1) is 17.8 Å². The molecule has 9 atom stereocenters. The van der Waals surface area contributed by atoms with E-state index < -0.39 is 6.17 Å². The number of nitrogens with one attached hydrogen (secondary N) is 5. The fourth-order valence-corrected chi connectivity index (χ4v) is 7.03. The van der Waals surface area contributed by atoms with Gasteiger partial charge in [0.05, 0.1) is 31.4 Å². The molecule has 2 aliphatic carbocycles. The van der Waals surface area contributed by atoms with Crippen molar-refractivity contribution in [1.29, 1.82) is 0 Å². The molecule has 0 aromatic carbocycles. The number of rotatable bonds is 5. The second-order valence-electron chi connectivity index (χ2n) is 10.7. The molecule has 5 rings (SSSR count). The summed E-state index contributed by atoms with van der Waals surface area (Å²) in [5.74, 6) is 2.61. The standard InChI is InChI=1S/C25H41ClFN5O/c1-33-19-9-17(13-29-14-19)15-4-7-23-20(10-15)25(30-18-5-6-22(27)21(26)11-18)32-24(31-23)16-3-2-8-28-12-16/h9,13,15-16,18,20-25,28-32H,2-8,10-12,14H2,1H3. The van der Waals surface area contributed by atoms with Gasteiger partial charge in [0, 0.05) is 30.7 Å². The lowest BCUT2D eigenvalue weighted by Crippen LogP contribution is -2.72. The van der Waals surface area contributed by atoms with Crippen LogP contribution >= 0.6 is 11.6 Å². The van der Waals surface area contributed by atoms with E-state index in [1.807, 2.05) is 0 Å². The Morgan fingerprint density at radius 1 is 1.12 bits per heavy atom. The summed E-state index contributed by atoms with van der Waals surface area (Å²) in [7, 11) is 1.75. The summed E-state index contributed by atoms with van der Waals surface area (Å²) in [4.78, 5) is 0. The van der Waals surface area contributed by atoms with Crippen LogP contribution in [0.2, 0.25) is 0 Å². The van der Waals surface area contributed by atoms with Crippen molar-refractivity contribution in [2.75, 3.05) is 26.7 Å². The predicted molar refractivity (Wildman–Crippen MR) is 131 cm³/mol. The fourth-order valence-electron chi connectivity index (χ4n) is 6.69. The Morgan fingerprint density at radius 2 is 2.03 bits per heavy atom. The number of ether oxygens (including phenoxy) is 1. The summed E-state index contributed by atoms with van der Waals surface area (Å²) in [6.45, 7) is 2.96. The second kappa shape index (κ2) is 10.8. The largest absolute Gasteiger partial charge is 0.499 e. The van der Waals surface area contributed by atoms with Gasteiger partial charge in [0.15, 0.2) is 0 Å². The van der Waals surface area contributed by atoms with Gasteiger partial charge in [0.2, 0.25) is 0 Å². The van der Waals surface area contributed by atoms with Gasteiger partial charge < -0.3 is 15.4 Å². The smallest absolute Gasteiger partial charge is 0.117 e. The minimum Gasteiger partial charge on any atom is -0.499 e. The Kier molecular flexibility index (Phi) is 7.82. The molecular weight excluding hydrogens is 441 g/mol. The lowest BCUT2D eigenvalue weighted by Gasteiger charge is -2.51. The summed E-state index contributed by atoms with van der Waals surface area (Å²) >= 11 is 6.33. The van der Waals surface area contributed by atoms with Gasteiger partial charge in [-0.15, -0.1) is 11.6 Å². The molecule has 4 fully saturated rings. The number of allylic oxidation sites excluding steroid dienone is 2. The topological polar surface area (TPSA) is 69.4 Å². The number of hydrogen-bond donors (Lipinski definition) is 5. The highest BCUT2D eigenvalue weighted by atomic mass is 35.5. The van der Waals surface area contributed by atoms with Gasteiger partial charge in [-0.2, -0.15) is 0 Å². The van der Waals surface area contributed by atoms with Gasteiger partial charge in [0.1, 0.15) is 11.9 Å². The normalized spacial score (nSPS) is 44.2. The van der Waals surface area contributed by atoms with Crippen LogP contribution in [0.1, 0.15) is 51.4 Å². The summed E-state index contributed by atoms with van der Waals surface area (Å²) in [6, 6.07) is 0.774. The van der Waals surface area contributed by atoms with E-state index >= 15 is 0 Å². The highest BCUT2D eigenvalue weighted by molar-refractivity contribution is 6.21. The van der Waals surface area contributed by atoms with Gasteiger partial charge in [-0.3, -0.25) is 16.0 Å². The van der Waals surface area contributed by atoms with Gasteiger partial charge in [-0.1, -0.05) is 0 Å². The van der Waals surface area contributed by atoms with Crippen LogP contribution in [0.5, 0.6) is 0 Å². The van der Waals surface area contributed by atoms with Crippen LogP contribution in [0.15, 0.2) is 23.6 Å². The van der Waals surface area contributed by atoms with Crippen LogP contribution in [0.4, 0.5) is 4.39 Å². The number of alkyl halides is 2. The van der Waals surface area contributed by atoms with Crippen molar-refractivity contribution in [1.82, 2.24) is 26.6 Å². The van der Waals surface area contributed by atoms with Crippen molar-refractivity contribution in [2.45, 2.75) is 87.3 Å². The third-order valence-corrected chi connectivity index (χ3v) is 9.05. The fraction of sp³-hybridized carbons (Fsp3) is 0.840. The molecule has 8 heteroatoms. The van der Waals surface area contributed by atoms with Crippen molar-refractivity contribution < 1.29 is 9.13 Å². The average molecular weight is 482 g/mol. The monoisotopic (exact) mass is 481 g/mol. The zero-order chi connectivity index (χ0) is 22.8. The van der Waals surface area contributed by atoms with Crippen molar-refractivity contribution in [2.24, 2.45) is 17.8 Å². The molecule has 2 saturated carbocycles. The summed E-state index contributed by atoms with van der Waals surface area (Å²) < 4.78 is 19.5. The van der Waals surface area contributed by atoms with Crippen molar-refractivity contribution in [3.8, 4) is 0 Å². The molecule has 0 spiro atoms. The van der Waals surface area contributed by atoms with Crippen LogP contribution in [-0.2, 0) is 4.74 Å². The number of methoxy groups -OCH3 is 1. The summed E-state index contributed by atoms with van der Waals surface area (Å²) in [5, 5.41) is 18.5.